The van der Waals surface area contributed by atoms with E-state index in [9.17, 15) is 9.59 Å². The molecule has 0 radical (unpaired) electrons. The number of likely N-dealkylation sites (N-methyl/N-ethyl adjacent to an activating group) is 1. The summed E-state index contributed by atoms with van der Waals surface area (Å²) in [5, 5.41) is 13.6. The average molecular weight is 564 g/mol. The minimum atomic E-state index is -0.500. The highest BCUT2D eigenvalue weighted by atomic mass is 16.2. The largest absolute Gasteiger partial charge is 0.355 e. The Balaban J connectivity index is 1.44. The van der Waals surface area contributed by atoms with Crippen molar-refractivity contribution >= 4 is 17.4 Å². The van der Waals surface area contributed by atoms with Gasteiger partial charge >= 0.3 is 0 Å². The van der Waals surface area contributed by atoms with Crippen molar-refractivity contribution in [2.75, 3.05) is 7.05 Å². The highest BCUT2D eigenvalue weighted by Gasteiger charge is 2.50. The number of benzene rings is 1. The third kappa shape index (κ3) is 5.87. The minimum Gasteiger partial charge on any atom is -0.355 e. The van der Waals surface area contributed by atoms with Crippen LogP contribution in [0.5, 0.6) is 0 Å². The molecule has 0 aliphatic heterocycles. The summed E-state index contributed by atoms with van der Waals surface area (Å²) in [6, 6.07) is 5.77. The number of rotatable bonds is 10. The molecule has 3 aliphatic rings. The SMILES string of the molecule is C=C1CC(C(/C)=C/C=C\CC)=C(C(=O)NC)/C1=C/C(=C\C)c1cc(C(=O)NC2(c3n[nH]c(C4CC4)n3)CC2)ccc1C. The van der Waals surface area contributed by atoms with Gasteiger partial charge in [0.2, 0.25) is 0 Å². The van der Waals surface area contributed by atoms with Gasteiger partial charge in [-0.1, -0.05) is 43.9 Å². The van der Waals surface area contributed by atoms with Gasteiger partial charge in [0, 0.05) is 18.5 Å². The second-order valence-corrected chi connectivity index (χ2v) is 11.6. The van der Waals surface area contributed by atoms with Gasteiger partial charge in [-0.05, 0) is 116 Å². The zero-order chi connectivity index (χ0) is 30.0. The van der Waals surface area contributed by atoms with Gasteiger partial charge in [-0.3, -0.25) is 14.7 Å². The molecule has 7 nitrogen and oxygen atoms in total. The molecule has 1 aromatic heterocycles. The summed E-state index contributed by atoms with van der Waals surface area (Å²) in [6.45, 7) is 12.5. The van der Waals surface area contributed by atoms with Gasteiger partial charge in [0.05, 0.1) is 5.57 Å². The molecule has 0 atom stereocenters. The van der Waals surface area contributed by atoms with Crippen LogP contribution in [0.4, 0.5) is 0 Å². The molecule has 0 bridgehead atoms. The van der Waals surface area contributed by atoms with Crippen molar-refractivity contribution in [3.05, 3.63) is 111 Å². The van der Waals surface area contributed by atoms with Gasteiger partial charge in [-0.25, -0.2) is 4.98 Å². The van der Waals surface area contributed by atoms with Crippen LogP contribution >= 0.6 is 0 Å². The van der Waals surface area contributed by atoms with Crippen LogP contribution in [0, 0.1) is 6.92 Å². The molecule has 3 aliphatic carbocycles. The number of carbonyl (C=O) groups excluding carboxylic acids is 2. The summed E-state index contributed by atoms with van der Waals surface area (Å²) in [7, 11) is 1.66. The molecule has 1 heterocycles. The molecule has 0 spiro atoms. The predicted octanol–water partition coefficient (Wildman–Crippen LogP) is 6.65. The number of aromatic amines is 1. The van der Waals surface area contributed by atoms with Gasteiger partial charge in [-0.15, -0.1) is 0 Å². The molecule has 0 saturated heterocycles. The zero-order valence-corrected chi connectivity index (χ0v) is 25.4. The van der Waals surface area contributed by atoms with Gasteiger partial charge < -0.3 is 10.6 Å². The maximum Gasteiger partial charge on any atom is 0.252 e. The Hall–Kier alpha value is -4.26. The van der Waals surface area contributed by atoms with Gasteiger partial charge in [-0.2, -0.15) is 5.10 Å². The fourth-order valence-corrected chi connectivity index (χ4v) is 5.47. The van der Waals surface area contributed by atoms with Crippen molar-refractivity contribution in [3.8, 4) is 0 Å². The van der Waals surface area contributed by atoms with E-state index in [0.717, 1.165) is 76.9 Å². The van der Waals surface area contributed by atoms with E-state index in [2.05, 4.69) is 46.5 Å². The zero-order valence-electron chi connectivity index (χ0n) is 25.4. The van der Waals surface area contributed by atoms with Crippen LogP contribution in [-0.4, -0.2) is 34.0 Å². The van der Waals surface area contributed by atoms with E-state index in [1.807, 2.05) is 57.2 Å². The molecule has 7 heteroatoms. The second kappa shape index (κ2) is 11.9. The van der Waals surface area contributed by atoms with E-state index < -0.39 is 5.54 Å². The molecular weight excluding hydrogens is 522 g/mol. The van der Waals surface area contributed by atoms with Crippen molar-refractivity contribution in [3.63, 3.8) is 0 Å². The number of amides is 2. The van der Waals surface area contributed by atoms with Crippen molar-refractivity contribution in [2.24, 2.45) is 0 Å². The number of carbonyl (C=O) groups is 2. The first kappa shape index (κ1) is 29.2. The summed E-state index contributed by atoms with van der Waals surface area (Å²) in [6.07, 6.45) is 15.7. The Morgan fingerprint density at radius 3 is 2.62 bits per heavy atom. The minimum absolute atomic E-state index is 0.131. The van der Waals surface area contributed by atoms with Crippen molar-refractivity contribution in [1.29, 1.82) is 0 Å². The standard InChI is InChI=1S/C35H41N5O2/c1-7-9-10-11-21(3)28-18-23(5)29(30(28)33(42)36-6)19-24(8-2)27-20-26(13-12-22(27)4)32(41)38-35(16-17-35)34-37-31(39-40-34)25-14-15-25/h8-13,19-20,25H,5,7,14-18H2,1-4,6H3,(H,36,42)(H,38,41)(H,37,39,40)/b10-9-,21-11+,24-8+,29-19+. The van der Waals surface area contributed by atoms with E-state index >= 15 is 0 Å². The highest BCUT2D eigenvalue weighted by Crippen LogP contribution is 2.46. The number of aromatic nitrogens is 3. The molecule has 1 aromatic carbocycles. The number of hydrogen-bond acceptors (Lipinski definition) is 4. The first-order chi connectivity index (χ1) is 20.2. The molecular formula is C35H41N5O2. The lowest BCUT2D eigenvalue weighted by Gasteiger charge is -2.16. The smallest absolute Gasteiger partial charge is 0.252 e. The van der Waals surface area contributed by atoms with Crippen molar-refractivity contribution in [2.45, 2.75) is 77.7 Å². The lowest BCUT2D eigenvalue weighted by atomic mass is 9.93. The molecule has 218 valence electrons. The van der Waals surface area contributed by atoms with Crippen LogP contribution in [0.15, 0.2) is 83.0 Å². The van der Waals surface area contributed by atoms with Gasteiger partial charge in [0.1, 0.15) is 11.4 Å². The lowest BCUT2D eigenvalue weighted by molar-refractivity contribution is -0.116. The van der Waals surface area contributed by atoms with Gasteiger partial charge in [0.25, 0.3) is 11.8 Å². The molecule has 2 amide bonds. The first-order valence-corrected chi connectivity index (χ1v) is 14.9. The first-order valence-electron chi connectivity index (χ1n) is 14.9. The number of allylic oxidation sites excluding steroid dienone is 9. The number of H-pyrrole nitrogens is 1. The molecule has 2 fully saturated rings. The van der Waals surface area contributed by atoms with E-state index in [4.69, 9.17) is 4.98 Å². The molecule has 2 aromatic rings. The summed E-state index contributed by atoms with van der Waals surface area (Å²) in [5.41, 5.74) is 7.39. The average Bonchev–Trinajstić information content (AvgIpc) is 3.91. The molecule has 0 unspecified atom stereocenters. The lowest BCUT2D eigenvalue weighted by Crippen LogP contribution is -2.35. The quantitative estimate of drug-likeness (QED) is 0.282. The topological polar surface area (TPSA) is 99.8 Å². The van der Waals surface area contributed by atoms with E-state index in [1.165, 1.54) is 0 Å². The Bertz CT molecular complexity index is 1590. The third-order valence-corrected chi connectivity index (χ3v) is 8.41. The third-order valence-electron chi connectivity index (χ3n) is 8.41. The molecule has 42 heavy (non-hydrogen) atoms. The number of nitrogens with one attached hydrogen (secondary N) is 3. The molecule has 2 saturated carbocycles. The van der Waals surface area contributed by atoms with Crippen molar-refractivity contribution in [1.82, 2.24) is 25.8 Å². The van der Waals surface area contributed by atoms with Crippen LogP contribution < -0.4 is 10.6 Å². The predicted molar refractivity (Wildman–Crippen MR) is 168 cm³/mol. The fourth-order valence-electron chi connectivity index (χ4n) is 5.47. The maximum absolute atomic E-state index is 13.5. The second-order valence-electron chi connectivity index (χ2n) is 11.6. The van der Waals surface area contributed by atoms with Gasteiger partial charge in [0.15, 0.2) is 5.82 Å². The Morgan fingerprint density at radius 1 is 1.21 bits per heavy atom. The summed E-state index contributed by atoms with van der Waals surface area (Å²) < 4.78 is 0. The van der Waals surface area contributed by atoms with Crippen LogP contribution in [0.1, 0.15) is 98.3 Å². The van der Waals surface area contributed by atoms with Crippen LogP contribution in [0.25, 0.3) is 5.57 Å². The Labute approximate surface area is 248 Å². The molecule has 5 rings (SSSR count). The summed E-state index contributed by atoms with van der Waals surface area (Å²) in [5.74, 6) is 1.82. The van der Waals surface area contributed by atoms with Crippen LogP contribution in [0.3, 0.4) is 0 Å². The van der Waals surface area contributed by atoms with Crippen LogP contribution in [0.2, 0.25) is 0 Å². The number of hydrogen-bond donors (Lipinski definition) is 3. The van der Waals surface area contributed by atoms with E-state index in [0.29, 0.717) is 29.3 Å². The van der Waals surface area contributed by atoms with Crippen LogP contribution in [-0.2, 0) is 10.3 Å². The monoisotopic (exact) mass is 563 g/mol. The Kier molecular flexibility index (Phi) is 8.30. The maximum atomic E-state index is 13.5. The fraction of sp³-hybridized carbons (Fsp3) is 0.371. The Morgan fingerprint density at radius 2 is 1.98 bits per heavy atom. The van der Waals surface area contributed by atoms with Crippen molar-refractivity contribution < 1.29 is 9.59 Å². The highest BCUT2D eigenvalue weighted by molar-refractivity contribution is 6.03. The number of aryl methyl sites for hydroxylation is 1. The number of nitrogens with zero attached hydrogens (tertiary/aromatic N) is 2. The summed E-state index contributed by atoms with van der Waals surface area (Å²) in [4.78, 5) is 31.4. The summed E-state index contributed by atoms with van der Waals surface area (Å²) >= 11 is 0. The van der Waals surface area contributed by atoms with E-state index in [1.54, 1.807) is 7.05 Å². The normalized spacial score (nSPS) is 19.6. The van der Waals surface area contributed by atoms with E-state index in [-0.39, 0.29) is 11.8 Å². The molecule has 3 N–H and O–H groups in total.